The van der Waals surface area contributed by atoms with Crippen LogP contribution in [0.2, 0.25) is 0 Å². The van der Waals surface area contributed by atoms with Crippen LogP contribution in [0.4, 0.5) is 5.69 Å². The van der Waals surface area contributed by atoms with Crippen molar-refractivity contribution in [2.45, 2.75) is 40.0 Å². The lowest BCUT2D eigenvalue weighted by molar-refractivity contribution is -0.137. The van der Waals surface area contributed by atoms with E-state index in [1.807, 2.05) is 32.0 Å². The summed E-state index contributed by atoms with van der Waals surface area (Å²) in [6.45, 7) is 7.61. The molecule has 0 spiro atoms. The van der Waals surface area contributed by atoms with Crippen LogP contribution in [-0.2, 0) is 14.3 Å². The Morgan fingerprint density at radius 1 is 0.853 bits per heavy atom. The third-order valence-electron chi connectivity index (χ3n) is 5.90. The number of hydrogen-bond acceptors (Lipinski definition) is 6. The van der Waals surface area contributed by atoms with Gasteiger partial charge in [-0.3, -0.25) is 14.5 Å². The first-order valence-electron chi connectivity index (χ1n) is 11.7. The molecule has 1 aliphatic heterocycles. The molecule has 34 heavy (non-hydrogen) atoms. The van der Waals surface area contributed by atoms with E-state index >= 15 is 0 Å². The van der Waals surface area contributed by atoms with Gasteiger partial charge in [-0.1, -0.05) is 31.5 Å². The standard InChI is InChI=1S/C27H34N2O5/c1-6-7-12-34-13-8-11-29-26(30)24(20-10-9-18(2)19(3)14-20)25(27(29)31)28-21-15-22(32-4)17-23(16-21)33-5/h9-10,14-17,28H,6-8,11-13H2,1-5H3. The summed E-state index contributed by atoms with van der Waals surface area (Å²) in [5.41, 5.74) is 4.08. The Balaban J connectivity index is 1.92. The Morgan fingerprint density at radius 2 is 1.53 bits per heavy atom. The van der Waals surface area contributed by atoms with Gasteiger partial charge in [0.15, 0.2) is 0 Å². The number of carbonyl (C=O) groups excluding carboxylic acids is 2. The van der Waals surface area contributed by atoms with Gasteiger partial charge in [0.1, 0.15) is 17.2 Å². The summed E-state index contributed by atoms with van der Waals surface area (Å²) < 4.78 is 16.3. The van der Waals surface area contributed by atoms with Crippen molar-refractivity contribution in [2.75, 3.05) is 39.3 Å². The first-order valence-corrected chi connectivity index (χ1v) is 11.7. The molecule has 7 nitrogen and oxygen atoms in total. The molecule has 0 atom stereocenters. The molecule has 0 saturated heterocycles. The van der Waals surface area contributed by atoms with Crippen molar-refractivity contribution in [1.82, 2.24) is 4.90 Å². The monoisotopic (exact) mass is 466 g/mol. The molecule has 2 aromatic carbocycles. The van der Waals surface area contributed by atoms with Gasteiger partial charge in [0.2, 0.25) is 0 Å². The number of anilines is 1. The summed E-state index contributed by atoms with van der Waals surface area (Å²) in [7, 11) is 3.12. The van der Waals surface area contributed by atoms with E-state index < -0.39 is 0 Å². The van der Waals surface area contributed by atoms with Gasteiger partial charge < -0.3 is 19.5 Å². The van der Waals surface area contributed by atoms with Crippen molar-refractivity contribution >= 4 is 23.1 Å². The Hall–Kier alpha value is -3.32. The molecule has 182 valence electrons. The highest BCUT2D eigenvalue weighted by atomic mass is 16.5. The molecular weight excluding hydrogens is 432 g/mol. The minimum absolute atomic E-state index is 0.246. The van der Waals surface area contributed by atoms with Gasteiger partial charge in [0.25, 0.3) is 11.8 Å². The van der Waals surface area contributed by atoms with Gasteiger partial charge in [0, 0.05) is 43.6 Å². The number of imide groups is 1. The summed E-state index contributed by atoms with van der Waals surface area (Å²) in [6.07, 6.45) is 2.65. The predicted octanol–water partition coefficient (Wildman–Crippen LogP) is 4.72. The van der Waals surface area contributed by atoms with Crippen molar-refractivity contribution in [1.29, 1.82) is 0 Å². The molecule has 0 bridgehead atoms. The third kappa shape index (κ3) is 5.78. The molecule has 0 saturated carbocycles. The smallest absolute Gasteiger partial charge is 0.278 e. The van der Waals surface area contributed by atoms with E-state index in [9.17, 15) is 9.59 Å². The molecular formula is C27H34N2O5. The van der Waals surface area contributed by atoms with E-state index in [1.54, 1.807) is 32.4 Å². The molecule has 7 heteroatoms. The number of nitrogens with zero attached hydrogens (tertiary/aromatic N) is 1. The molecule has 0 fully saturated rings. The topological polar surface area (TPSA) is 77.1 Å². The van der Waals surface area contributed by atoms with Crippen molar-refractivity contribution in [3.8, 4) is 11.5 Å². The second-order valence-corrected chi connectivity index (χ2v) is 8.36. The molecule has 2 aromatic rings. The van der Waals surface area contributed by atoms with Crippen LogP contribution < -0.4 is 14.8 Å². The maximum absolute atomic E-state index is 13.4. The van der Waals surface area contributed by atoms with Gasteiger partial charge in [-0.2, -0.15) is 0 Å². The SMILES string of the molecule is CCCCOCCCN1C(=O)C(Nc2cc(OC)cc(OC)c2)=C(c2ccc(C)c(C)c2)C1=O. The van der Waals surface area contributed by atoms with Crippen molar-refractivity contribution in [3.05, 3.63) is 58.8 Å². The van der Waals surface area contributed by atoms with Crippen LogP contribution in [0, 0.1) is 13.8 Å². The molecule has 0 radical (unpaired) electrons. The summed E-state index contributed by atoms with van der Waals surface area (Å²) >= 11 is 0. The largest absolute Gasteiger partial charge is 0.497 e. The normalized spacial score (nSPS) is 13.6. The van der Waals surface area contributed by atoms with E-state index in [1.165, 1.54) is 4.90 Å². The first-order chi connectivity index (χ1) is 16.4. The fourth-order valence-corrected chi connectivity index (χ4v) is 3.76. The molecule has 1 N–H and O–H groups in total. The number of methoxy groups -OCH3 is 2. The van der Waals surface area contributed by atoms with Crippen molar-refractivity contribution < 1.29 is 23.8 Å². The molecule has 1 aliphatic rings. The summed E-state index contributed by atoms with van der Waals surface area (Å²) in [5.74, 6) is 0.494. The Kier molecular flexibility index (Phi) is 8.71. The maximum atomic E-state index is 13.4. The van der Waals surface area contributed by atoms with Crippen LogP contribution in [0.3, 0.4) is 0 Å². The Morgan fingerprint density at radius 3 is 2.15 bits per heavy atom. The Labute approximate surface area is 201 Å². The lowest BCUT2D eigenvalue weighted by Gasteiger charge is -2.15. The minimum atomic E-state index is -0.353. The molecule has 0 unspecified atom stereocenters. The van der Waals surface area contributed by atoms with E-state index in [-0.39, 0.29) is 17.5 Å². The fraction of sp³-hybridized carbons (Fsp3) is 0.407. The summed E-state index contributed by atoms with van der Waals surface area (Å²) in [5, 5.41) is 3.18. The number of benzene rings is 2. The number of amides is 2. The molecule has 2 amide bonds. The van der Waals surface area contributed by atoms with Crippen LogP contribution in [-0.4, -0.2) is 50.7 Å². The van der Waals surface area contributed by atoms with Gasteiger partial charge >= 0.3 is 0 Å². The highest BCUT2D eigenvalue weighted by Crippen LogP contribution is 2.33. The van der Waals surface area contributed by atoms with Crippen LogP contribution in [0.5, 0.6) is 11.5 Å². The molecule has 0 aliphatic carbocycles. The van der Waals surface area contributed by atoms with Crippen LogP contribution >= 0.6 is 0 Å². The van der Waals surface area contributed by atoms with E-state index in [0.717, 1.165) is 24.0 Å². The number of carbonyl (C=O) groups is 2. The Bertz CT molecular complexity index is 1050. The second kappa shape index (κ2) is 11.7. The van der Waals surface area contributed by atoms with Gasteiger partial charge in [-0.05, 0) is 43.4 Å². The minimum Gasteiger partial charge on any atom is -0.497 e. The highest BCUT2D eigenvalue weighted by molar-refractivity contribution is 6.36. The van der Waals surface area contributed by atoms with Crippen molar-refractivity contribution in [2.24, 2.45) is 0 Å². The second-order valence-electron chi connectivity index (χ2n) is 8.36. The zero-order valence-corrected chi connectivity index (χ0v) is 20.7. The van der Waals surface area contributed by atoms with Gasteiger partial charge in [-0.25, -0.2) is 0 Å². The van der Waals surface area contributed by atoms with Crippen LogP contribution in [0.15, 0.2) is 42.1 Å². The average Bonchev–Trinajstić information content (AvgIpc) is 3.06. The zero-order valence-electron chi connectivity index (χ0n) is 20.7. The van der Waals surface area contributed by atoms with Crippen LogP contribution in [0.1, 0.15) is 42.9 Å². The number of nitrogens with one attached hydrogen (secondary N) is 1. The lowest BCUT2D eigenvalue weighted by atomic mass is 9.99. The molecule has 1 heterocycles. The van der Waals surface area contributed by atoms with Gasteiger partial charge in [0.05, 0.1) is 19.8 Å². The van der Waals surface area contributed by atoms with Crippen LogP contribution in [0.25, 0.3) is 5.57 Å². The lowest BCUT2D eigenvalue weighted by Crippen LogP contribution is -2.34. The first kappa shape index (κ1) is 25.3. The van der Waals surface area contributed by atoms with E-state index in [4.69, 9.17) is 14.2 Å². The number of ether oxygens (including phenoxy) is 3. The average molecular weight is 467 g/mol. The molecule has 0 aromatic heterocycles. The zero-order chi connectivity index (χ0) is 24.7. The van der Waals surface area contributed by atoms with Crippen molar-refractivity contribution in [3.63, 3.8) is 0 Å². The number of hydrogen-bond donors (Lipinski definition) is 1. The predicted molar refractivity (Wildman–Crippen MR) is 133 cm³/mol. The molecule has 3 rings (SSSR count). The fourth-order valence-electron chi connectivity index (χ4n) is 3.76. The number of aryl methyl sites for hydroxylation is 2. The van der Waals surface area contributed by atoms with E-state index in [0.29, 0.717) is 54.5 Å². The number of rotatable bonds is 12. The maximum Gasteiger partial charge on any atom is 0.278 e. The van der Waals surface area contributed by atoms with Gasteiger partial charge in [-0.15, -0.1) is 0 Å². The van der Waals surface area contributed by atoms with E-state index in [2.05, 4.69) is 12.2 Å². The summed E-state index contributed by atoms with van der Waals surface area (Å²) in [4.78, 5) is 28.2. The quantitative estimate of drug-likeness (QED) is 0.360. The number of unbranched alkanes of at least 4 members (excludes halogenated alkanes) is 1. The highest BCUT2D eigenvalue weighted by Gasteiger charge is 2.39. The summed E-state index contributed by atoms with van der Waals surface area (Å²) in [6, 6.07) is 11.1. The third-order valence-corrected chi connectivity index (χ3v) is 5.90.